The maximum Gasteiger partial charge on any atom is 0.159 e. The van der Waals surface area contributed by atoms with E-state index in [9.17, 15) is 12.8 Å². The van der Waals surface area contributed by atoms with Gasteiger partial charge in [0.25, 0.3) is 0 Å². The van der Waals surface area contributed by atoms with E-state index in [-0.39, 0.29) is 18.0 Å². The number of aromatic nitrogens is 6. The lowest BCUT2D eigenvalue weighted by molar-refractivity contribution is 0.331. The summed E-state index contributed by atoms with van der Waals surface area (Å²) in [6.45, 7) is 2.89. The molecule has 9 nitrogen and oxygen atoms in total. The number of likely N-dealkylation sites (tertiary alicyclic amines) is 1. The molecule has 12 heteroatoms. The fourth-order valence-electron chi connectivity index (χ4n) is 5.85. The van der Waals surface area contributed by atoms with Crippen LogP contribution in [0.4, 0.5) is 8.78 Å². The highest BCUT2D eigenvalue weighted by atomic mass is 32.2. The molecule has 0 aliphatic carbocycles. The Bertz CT molecular complexity index is 2140. The molecule has 0 radical (unpaired) electrons. The Hall–Kier alpha value is -4.55. The fraction of sp³-hybridized carbons (Fsp3) is 0.250. The zero-order valence-electron chi connectivity index (χ0n) is 23.9. The molecule has 0 spiro atoms. The van der Waals surface area contributed by atoms with Crippen LogP contribution in [0.3, 0.4) is 0 Å². The first-order valence-electron chi connectivity index (χ1n) is 14.4. The molecule has 6 aromatic rings. The van der Waals surface area contributed by atoms with E-state index in [0.29, 0.717) is 61.4 Å². The minimum Gasteiger partial charge on any atom is -0.336 e. The van der Waals surface area contributed by atoms with E-state index < -0.39 is 15.7 Å². The fourth-order valence-corrected chi connectivity index (χ4v) is 6.46. The molecule has 0 atom stereocenters. The molecular formula is C32H29F2N7O2S. The van der Waals surface area contributed by atoms with Gasteiger partial charge in [0.2, 0.25) is 0 Å². The summed E-state index contributed by atoms with van der Waals surface area (Å²) >= 11 is 0. The van der Waals surface area contributed by atoms with Crippen LogP contribution in [0, 0.1) is 11.6 Å². The molecule has 224 valence electrons. The van der Waals surface area contributed by atoms with Gasteiger partial charge in [-0.15, -0.1) is 0 Å². The molecule has 2 aromatic carbocycles. The number of rotatable bonds is 8. The second-order valence-electron chi connectivity index (χ2n) is 11.4. The number of fused-ring (bicyclic) bond motifs is 2. The van der Waals surface area contributed by atoms with Gasteiger partial charge in [0.05, 0.1) is 22.5 Å². The third-order valence-electron chi connectivity index (χ3n) is 7.98. The van der Waals surface area contributed by atoms with Crippen LogP contribution in [0.15, 0.2) is 61.1 Å². The maximum absolute atomic E-state index is 15.4. The van der Waals surface area contributed by atoms with Gasteiger partial charge < -0.3 is 4.98 Å². The van der Waals surface area contributed by atoms with E-state index in [1.807, 2.05) is 12.3 Å². The van der Waals surface area contributed by atoms with Crippen LogP contribution in [-0.4, -0.2) is 68.5 Å². The van der Waals surface area contributed by atoms with Crippen LogP contribution in [0.25, 0.3) is 55.8 Å². The van der Waals surface area contributed by atoms with E-state index in [4.69, 9.17) is 4.98 Å². The number of H-pyrrole nitrogens is 2. The Morgan fingerprint density at radius 2 is 1.75 bits per heavy atom. The SMILES string of the molecule is CS(=O)(=O)CCc1cc(F)cc(-c2nccc3[nH]c(-c4n[nH]c5cc(F)c(-c6cncc(CN7CCCC7)c6)cc45)nc23)c1. The van der Waals surface area contributed by atoms with Gasteiger partial charge in [-0.3, -0.25) is 20.0 Å². The lowest BCUT2D eigenvalue weighted by Gasteiger charge is -2.15. The van der Waals surface area contributed by atoms with E-state index >= 15 is 4.39 Å². The molecular weight excluding hydrogens is 584 g/mol. The first kappa shape index (κ1) is 28.2. The number of nitrogens with one attached hydrogen (secondary N) is 2. The van der Waals surface area contributed by atoms with Crippen molar-refractivity contribution in [1.82, 2.24) is 35.0 Å². The largest absolute Gasteiger partial charge is 0.336 e. The van der Waals surface area contributed by atoms with Crippen LogP contribution in [-0.2, 0) is 22.8 Å². The molecule has 0 saturated carbocycles. The zero-order chi connectivity index (χ0) is 30.4. The summed E-state index contributed by atoms with van der Waals surface area (Å²) in [5.74, 6) is -0.532. The van der Waals surface area contributed by atoms with Gasteiger partial charge in [0, 0.05) is 59.5 Å². The van der Waals surface area contributed by atoms with E-state index in [0.717, 1.165) is 31.5 Å². The highest BCUT2D eigenvalue weighted by Gasteiger charge is 2.20. The molecule has 1 saturated heterocycles. The molecule has 5 heterocycles. The monoisotopic (exact) mass is 613 g/mol. The van der Waals surface area contributed by atoms with Crippen molar-refractivity contribution in [3.8, 4) is 33.9 Å². The number of halogens is 2. The Balaban J connectivity index is 1.26. The molecule has 44 heavy (non-hydrogen) atoms. The molecule has 4 aromatic heterocycles. The normalized spacial score (nSPS) is 14.2. The zero-order valence-corrected chi connectivity index (χ0v) is 24.8. The van der Waals surface area contributed by atoms with Gasteiger partial charge in [-0.25, -0.2) is 22.2 Å². The van der Waals surface area contributed by atoms with Gasteiger partial charge in [0.15, 0.2) is 5.82 Å². The third-order valence-corrected chi connectivity index (χ3v) is 8.92. The lowest BCUT2D eigenvalue weighted by atomic mass is 10.0. The Morgan fingerprint density at radius 3 is 2.57 bits per heavy atom. The molecule has 0 amide bonds. The van der Waals surface area contributed by atoms with Gasteiger partial charge in [-0.05, 0) is 79.9 Å². The topological polar surface area (TPSA) is 121 Å². The van der Waals surface area contributed by atoms with Crippen molar-refractivity contribution >= 4 is 31.8 Å². The molecule has 1 aliphatic rings. The summed E-state index contributed by atoms with van der Waals surface area (Å²) in [6, 6.07) is 11.3. The van der Waals surface area contributed by atoms with Crippen LogP contribution in [0.5, 0.6) is 0 Å². The van der Waals surface area contributed by atoms with Gasteiger partial charge in [0.1, 0.15) is 32.7 Å². The van der Waals surface area contributed by atoms with Crippen molar-refractivity contribution in [2.45, 2.75) is 25.8 Å². The minimum atomic E-state index is -3.21. The Labute approximate surface area is 252 Å². The number of sulfone groups is 1. The smallest absolute Gasteiger partial charge is 0.159 e. The molecule has 0 bridgehead atoms. The molecule has 2 N–H and O–H groups in total. The van der Waals surface area contributed by atoms with Crippen LogP contribution in [0.1, 0.15) is 24.0 Å². The lowest BCUT2D eigenvalue weighted by Crippen LogP contribution is -2.18. The number of benzene rings is 2. The van der Waals surface area contributed by atoms with Crippen LogP contribution >= 0.6 is 0 Å². The number of aryl methyl sites for hydroxylation is 1. The van der Waals surface area contributed by atoms with E-state index in [1.165, 1.54) is 31.0 Å². The first-order valence-corrected chi connectivity index (χ1v) is 16.4. The van der Waals surface area contributed by atoms with Crippen molar-refractivity contribution in [2.24, 2.45) is 0 Å². The summed E-state index contributed by atoms with van der Waals surface area (Å²) < 4.78 is 53.3. The number of hydrogen-bond acceptors (Lipinski definition) is 7. The quantitative estimate of drug-likeness (QED) is 0.226. The summed E-state index contributed by atoms with van der Waals surface area (Å²) in [5.41, 5.74) is 5.77. The van der Waals surface area contributed by atoms with Crippen LogP contribution in [0.2, 0.25) is 0 Å². The summed E-state index contributed by atoms with van der Waals surface area (Å²) in [6.07, 6.45) is 8.81. The Morgan fingerprint density at radius 1 is 0.932 bits per heavy atom. The third kappa shape index (κ3) is 5.70. The van der Waals surface area contributed by atoms with Crippen molar-refractivity contribution in [3.05, 3.63) is 83.8 Å². The predicted octanol–water partition coefficient (Wildman–Crippen LogP) is 5.69. The van der Waals surface area contributed by atoms with Crippen LogP contribution < -0.4 is 0 Å². The van der Waals surface area contributed by atoms with E-state index in [2.05, 4.69) is 30.0 Å². The number of aromatic amines is 2. The van der Waals surface area contributed by atoms with Gasteiger partial charge >= 0.3 is 0 Å². The standard InChI is InChI=1S/C32H29F2N7O2S/c1-44(42,43)9-5-19-10-21(13-23(33)12-19)29-31-27(4-6-36-29)37-32(38-31)30-25-14-24(26(34)15-28(25)39-40-30)22-11-20(16-35-17-22)18-41-7-2-3-8-41/h4,6,10-17H,2-3,5,7-9,18H2,1H3,(H,37,38)(H,39,40). The highest BCUT2D eigenvalue weighted by Crippen LogP contribution is 2.34. The molecule has 7 rings (SSSR count). The number of imidazole rings is 1. The average Bonchev–Trinajstić information content (AvgIpc) is 3.75. The summed E-state index contributed by atoms with van der Waals surface area (Å²) in [7, 11) is -3.21. The van der Waals surface area contributed by atoms with Crippen molar-refractivity contribution in [2.75, 3.05) is 25.1 Å². The first-order chi connectivity index (χ1) is 21.2. The maximum atomic E-state index is 15.4. The van der Waals surface area contributed by atoms with E-state index in [1.54, 1.807) is 30.6 Å². The minimum absolute atomic E-state index is 0.0896. The number of hydrogen-bond donors (Lipinski definition) is 2. The summed E-state index contributed by atoms with van der Waals surface area (Å²) in [5, 5.41) is 8.04. The summed E-state index contributed by atoms with van der Waals surface area (Å²) in [4.78, 5) is 19.3. The van der Waals surface area contributed by atoms with Crippen molar-refractivity contribution in [1.29, 1.82) is 0 Å². The Kier molecular flexibility index (Phi) is 7.17. The van der Waals surface area contributed by atoms with Crippen molar-refractivity contribution < 1.29 is 17.2 Å². The second-order valence-corrected chi connectivity index (χ2v) is 13.6. The van der Waals surface area contributed by atoms with Gasteiger partial charge in [-0.1, -0.05) is 0 Å². The molecule has 1 aliphatic heterocycles. The highest BCUT2D eigenvalue weighted by molar-refractivity contribution is 7.90. The number of nitrogens with zero attached hydrogens (tertiary/aromatic N) is 5. The van der Waals surface area contributed by atoms with Gasteiger partial charge in [-0.2, -0.15) is 5.10 Å². The number of pyridine rings is 2. The predicted molar refractivity (Wildman–Crippen MR) is 165 cm³/mol. The molecule has 1 fully saturated rings. The van der Waals surface area contributed by atoms with Crippen molar-refractivity contribution in [3.63, 3.8) is 0 Å². The molecule has 0 unspecified atom stereocenters. The average molecular weight is 614 g/mol. The second kappa shape index (κ2) is 11.2.